The molecule has 1 aliphatic heterocycles. The first kappa shape index (κ1) is 17.5. The third kappa shape index (κ3) is 3.76. The first-order chi connectivity index (χ1) is 12.7. The van der Waals surface area contributed by atoms with Gasteiger partial charge in [-0.25, -0.2) is 9.37 Å². The number of halogens is 1. The zero-order valence-corrected chi connectivity index (χ0v) is 15.9. The predicted octanol–water partition coefficient (Wildman–Crippen LogP) is 4.93. The number of piperidine rings is 1. The molecule has 0 spiro atoms. The number of hydrogen-bond acceptors (Lipinski definition) is 4. The predicted molar refractivity (Wildman–Crippen MR) is 105 cm³/mol. The van der Waals surface area contributed by atoms with Gasteiger partial charge in [0.1, 0.15) is 5.82 Å². The first-order valence-electron chi connectivity index (χ1n) is 8.71. The summed E-state index contributed by atoms with van der Waals surface area (Å²) in [6, 6.07) is 14.8. The van der Waals surface area contributed by atoms with Crippen LogP contribution in [-0.4, -0.2) is 34.6 Å². The Labute approximate surface area is 160 Å². The van der Waals surface area contributed by atoms with Crippen LogP contribution < -0.4 is 0 Å². The number of rotatable bonds is 4. The number of carbonyl (C=O) groups excluding carboxylic acids is 1. The van der Waals surface area contributed by atoms with Gasteiger partial charge in [-0.2, -0.15) is 0 Å². The number of aromatic nitrogens is 1. The summed E-state index contributed by atoms with van der Waals surface area (Å²) in [6.07, 6.45) is 2.04. The molecule has 2 aromatic carbocycles. The Morgan fingerprint density at radius 1 is 1.23 bits per heavy atom. The standard InChI is InChI=1S/C20H19FN2OS2/c21-15-7-1-3-9-17(15)25-13-19(24)23-11-5-6-14(12-23)20-22-16-8-2-4-10-18(16)26-20/h1-4,7-10,14H,5-6,11-13H2/t14-/m1/s1. The van der Waals surface area contributed by atoms with Gasteiger partial charge in [-0.15, -0.1) is 23.1 Å². The van der Waals surface area contributed by atoms with Crippen LogP contribution in [-0.2, 0) is 4.79 Å². The van der Waals surface area contributed by atoms with E-state index in [0.29, 0.717) is 17.4 Å². The Kier molecular flexibility index (Phi) is 5.22. The fourth-order valence-corrected chi connectivity index (χ4v) is 5.20. The smallest absolute Gasteiger partial charge is 0.232 e. The van der Waals surface area contributed by atoms with Crippen LogP contribution in [0.1, 0.15) is 23.8 Å². The van der Waals surface area contributed by atoms with Gasteiger partial charge in [0.15, 0.2) is 0 Å². The van der Waals surface area contributed by atoms with E-state index in [9.17, 15) is 9.18 Å². The number of likely N-dealkylation sites (tertiary alicyclic amines) is 1. The summed E-state index contributed by atoms with van der Waals surface area (Å²) in [7, 11) is 0. The normalized spacial score (nSPS) is 17.6. The number of carbonyl (C=O) groups is 1. The summed E-state index contributed by atoms with van der Waals surface area (Å²) in [5.74, 6) is 0.372. The van der Waals surface area contributed by atoms with Crippen LogP contribution >= 0.6 is 23.1 Å². The summed E-state index contributed by atoms with van der Waals surface area (Å²) >= 11 is 3.00. The van der Waals surface area contributed by atoms with Gasteiger partial charge >= 0.3 is 0 Å². The van der Waals surface area contributed by atoms with Crippen LogP contribution in [0.25, 0.3) is 10.2 Å². The Morgan fingerprint density at radius 2 is 2.04 bits per heavy atom. The van der Waals surface area contributed by atoms with Gasteiger partial charge in [0.05, 0.1) is 21.0 Å². The second-order valence-corrected chi connectivity index (χ2v) is 8.50. The minimum Gasteiger partial charge on any atom is -0.341 e. The molecule has 134 valence electrons. The molecule has 6 heteroatoms. The van der Waals surface area contributed by atoms with E-state index in [1.807, 2.05) is 23.1 Å². The number of thiazole rings is 1. The van der Waals surface area contributed by atoms with Crippen LogP contribution in [0, 0.1) is 5.82 Å². The molecule has 0 radical (unpaired) electrons. The molecule has 0 saturated carbocycles. The zero-order chi connectivity index (χ0) is 17.9. The quantitative estimate of drug-likeness (QED) is 0.596. The van der Waals surface area contributed by atoms with Crippen molar-refractivity contribution in [2.75, 3.05) is 18.8 Å². The van der Waals surface area contributed by atoms with Crippen molar-refractivity contribution >= 4 is 39.2 Å². The van der Waals surface area contributed by atoms with E-state index in [1.54, 1.807) is 29.5 Å². The molecular weight excluding hydrogens is 367 g/mol. The lowest BCUT2D eigenvalue weighted by molar-refractivity contribution is -0.129. The number of hydrogen-bond donors (Lipinski definition) is 0. The van der Waals surface area contributed by atoms with E-state index in [1.165, 1.54) is 22.5 Å². The van der Waals surface area contributed by atoms with Crippen molar-refractivity contribution in [3.05, 3.63) is 59.4 Å². The fourth-order valence-electron chi connectivity index (χ4n) is 3.26. The average Bonchev–Trinajstić information content (AvgIpc) is 3.11. The molecule has 0 aliphatic carbocycles. The molecule has 1 atom stereocenters. The van der Waals surface area contributed by atoms with Crippen molar-refractivity contribution in [2.45, 2.75) is 23.7 Å². The SMILES string of the molecule is O=C(CSc1ccccc1F)N1CCC[C@@H](c2nc3ccccc3s2)C1. The number of thioether (sulfide) groups is 1. The van der Waals surface area contributed by atoms with Gasteiger partial charge in [0, 0.05) is 23.9 Å². The molecule has 1 aliphatic rings. The van der Waals surface area contributed by atoms with Crippen molar-refractivity contribution in [1.82, 2.24) is 9.88 Å². The molecule has 4 rings (SSSR count). The van der Waals surface area contributed by atoms with Crippen molar-refractivity contribution < 1.29 is 9.18 Å². The molecule has 1 aromatic heterocycles. The lowest BCUT2D eigenvalue weighted by Crippen LogP contribution is -2.40. The number of para-hydroxylation sites is 1. The third-order valence-corrected chi connectivity index (χ3v) is 6.85. The van der Waals surface area contributed by atoms with E-state index in [0.717, 1.165) is 29.9 Å². The van der Waals surface area contributed by atoms with E-state index in [4.69, 9.17) is 4.98 Å². The minimum absolute atomic E-state index is 0.0732. The number of amides is 1. The molecule has 1 amide bonds. The Hall–Kier alpha value is -1.92. The monoisotopic (exact) mass is 386 g/mol. The van der Waals surface area contributed by atoms with Crippen molar-refractivity contribution in [1.29, 1.82) is 0 Å². The Balaban J connectivity index is 1.41. The first-order valence-corrected chi connectivity index (χ1v) is 10.5. The summed E-state index contributed by atoms with van der Waals surface area (Å²) in [4.78, 5) is 19.8. The summed E-state index contributed by atoms with van der Waals surface area (Å²) in [5, 5.41) is 1.12. The number of nitrogens with zero attached hydrogens (tertiary/aromatic N) is 2. The van der Waals surface area contributed by atoms with Crippen LogP contribution in [0.4, 0.5) is 4.39 Å². The topological polar surface area (TPSA) is 33.2 Å². The van der Waals surface area contributed by atoms with Crippen molar-refractivity contribution in [2.24, 2.45) is 0 Å². The second-order valence-electron chi connectivity index (χ2n) is 6.42. The zero-order valence-electron chi connectivity index (χ0n) is 14.2. The second kappa shape index (κ2) is 7.76. The highest BCUT2D eigenvalue weighted by molar-refractivity contribution is 8.00. The van der Waals surface area contributed by atoms with E-state index in [2.05, 4.69) is 6.07 Å². The van der Waals surface area contributed by atoms with Crippen LogP contribution in [0.5, 0.6) is 0 Å². The highest BCUT2D eigenvalue weighted by atomic mass is 32.2. The minimum atomic E-state index is -0.267. The molecule has 1 fully saturated rings. The Morgan fingerprint density at radius 3 is 2.88 bits per heavy atom. The molecule has 1 saturated heterocycles. The molecule has 3 nitrogen and oxygen atoms in total. The lowest BCUT2D eigenvalue weighted by Gasteiger charge is -2.31. The molecular formula is C20H19FN2OS2. The maximum Gasteiger partial charge on any atom is 0.232 e. The summed E-state index contributed by atoms with van der Waals surface area (Å²) in [5.41, 5.74) is 1.03. The van der Waals surface area contributed by atoms with Gasteiger partial charge in [0.25, 0.3) is 0 Å². The van der Waals surface area contributed by atoms with Crippen LogP contribution in [0.15, 0.2) is 53.4 Å². The van der Waals surface area contributed by atoms with Gasteiger partial charge in [-0.1, -0.05) is 24.3 Å². The number of fused-ring (bicyclic) bond motifs is 1. The van der Waals surface area contributed by atoms with Gasteiger partial charge < -0.3 is 4.90 Å². The van der Waals surface area contributed by atoms with E-state index < -0.39 is 0 Å². The van der Waals surface area contributed by atoms with E-state index in [-0.39, 0.29) is 17.5 Å². The largest absolute Gasteiger partial charge is 0.341 e. The third-order valence-electron chi connectivity index (χ3n) is 4.62. The van der Waals surface area contributed by atoms with Crippen LogP contribution in [0.3, 0.4) is 0 Å². The molecule has 26 heavy (non-hydrogen) atoms. The van der Waals surface area contributed by atoms with Gasteiger partial charge in [0.2, 0.25) is 5.91 Å². The molecule has 0 bridgehead atoms. The van der Waals surface area contributed by atoms with Crippen LogP contribution in [0.2, 0.25) is 0 Å². The summed E-state index contributed by atoms with van der Waals surface area (Å²) in [6.45, 7) is 1.48. The maximum atomic E-state index is 13.7. The molecule has 3 aromatic rings. The Bertz CT molecular complexity index is 894. The highest BCUT2D eigenvalue weighted by Crippen LogP contribution is 2.33. The average molecular weight is 387 g/mol. The molecule has 0 N–H and O–H groups in total. The summed E-state index contributed by atoms with van der Waals surface area (Å²) < 4.78 is 14.9. The van der Waals surface area contributed by atoms with Crippen molar-refractivity contribution in [3.8, 4) is 0 Å². The maximum absolute atomic E-state index is 13.7. The van der Waals surface area contributed by atoms with Gasteiger partial charge in [-0.05, 0) is 37.1 Å². The fraction of sp³-hybridized carbons (Fsp3) is 0.300. The molecule has 2 heterocycles. The molecule has 0 unspecified atom stereocenters. The highest BCUT2D eigenvalue weighted by Gasteiger charge is 2.27. The lowest BCUT2D eigenvalue weighted by atomic mass is 9.99. The van der Waals surface area contributed by atoms with Crippen molar-refractivity contribution in [3.63, 3.8) is 0 Å². The van der Waals surface area contributed by atoms with Gasteiger partial charge in [-0.3, -0.25) is 4.79 Å². The van der Waals surface area contributed by atoms with E-state index >= 15 is 0 Å². The number of benzene rings is 2.